The monoisotopic (exact) mass is 551 g/mol. The number of benzene rings is 3. The van der Waals surface area contributed by atoms with E-state index in [0.717, 1.165) is 16.8 Å². The molecule has 0 bridgehead atoms. The van der Waals surface area contributed by atoms with Gasteiger partial charge in [0.2, 0.25) is 5.95 Å². The second-order valence-electron chi connectivity index (χ2n) is 11.1. The predicted molar refractivity (Wildman–Crippen MR) is 153 cm³/mol. The standard InChI is InChI=1S/C31H29N5O5/c1-31(2)16-23-27(24(37)17-31)28(20-12-13-25(26(15-20)40-3)41-18-19-8-5-4-6-9-19)35-30(32-23)33-29(34-35)21-10-7-11-22(14-21)36(38)39/h4-15,28H,16-18H2,1-3H3,(H,32,33,34). The first-order chi connectivity index (χ1) is 19.7. The van der Waals surface area contributed by atoms with Gasteiger partial charge in [0.15, 0.2) is 23.1 Å². The van der Waals surface area contributed by atoms with Crippen molar-refractivity contribution in [3.63, 3.8) is 0 Å². The quantitative estimate of drug-likeness (QED) is 0.216. The summed E-state index contributed by atoms with van der Waals surface area (Å²) >= 11 is 0. The van der Waals surface area contributed by atoms with E-state index in [9.17, 15) is 14.9 Å². The minimum Gasteiger partial charge on any atom is -0.493 e. The van der Waals surface area contributed by atoms with E-state index in [1.807, 2.05) is 48.5 Å². The zero-order valence-corrected chi connectivity index (χ0v) is 23.0. The van der Waals surface area contributed by atoms with Crippen LogP contribution in [0.5, 0.6) is 11.5 Å². The van der Waals surface area contributed by atoms with Gasteiger partial charge in [0.25, 0.3) is 5.69 Å². The number of ketones is 1. The second kappa shape index (κ2) is 10.2. The van der Waals surface area contributed by atoms with Gasteiger partial charge in [-0.3, -0.25) is 14.9 Å². The van der Waals surface area contributed by atoms with Gasteiger partial charge < -0.3 is 14.8 Å². The molecule has 1 aromatic heterocycles. The lowest BCUT2D eigenvalue weighted by atomic mass is 9.73. The Kier molecular flexibility index (Phi) is 6.53. The number of hydrogen-bond acceptors (Lipinski definition) is 8. The summed E-state index contributed by atoms with van der Waals surface area (Å²) in [6, 6.07) is 21.1. The fourth-order valence-electron chi connectivity index (χ4n) is 5.51. The Morgan fingerprint density at radius 1 is 1.05 bits per heavy atom. The summed E-state index contributed by atoms with van der Waals surface area (Å²) in [6.07, 6.45) is 1.07. The zero-order valence-electron chi connectivity index (χ0n) is 23.0. The molecule has 0 saturated heterocycles. The minimum atomic E-state index is -0.568. The molecule has 1 aliphatic heterocycles. The normalized spacial score (nSPS) is 17.3. The number of nitro benzene ring substituents is 1. The summed E-state index contributed by atoms with van der Waals surface area (Å²) in [4.78, 5) is 29.3. The summed E-state index contributed by atoms with van der Waals surface area (Å²) in [6.45, 7) is 4.52. The van der Waals surface area contributed by atoms with E-state index in [-0.39, 0.29) is 16.9 Å². The lowest BCUT2D eigenvalue weighted by Crippen LogP contribution is -2.36. The molecule has 3 aromatic carbocycles. The number of Topliss-reactive ketones (excluding diaryl/α,β-unsaturated/α-hetero) is 1. The fraction of sp³-hybridized carbons (Fsp3) is 0.258. The minimum absolute atomic E-state index is 0.0372. The van der Waals surface area contributed by atoms with Crippen molar-refractivity contribution in [3.8, 4) is 22.9 Å². The number of carbonyl (C=O) groups is 1. The van der Waals surface area contributed by atoms with Gasteiger partial charge in [0, 0.05) is 35.4 Å². The molecule has 0 saturated carbocycles. The Bertz CT molecular complexity index is 1690. The Balaban J connectivity index is 1.43. The lowest BCUT2D eigenvalue weighted by molar-refractivity contribution is -0.384. The topological polar surface area (TPSA) is 121 Å². The summed E-state index contributed by atoms with van der Waals surface area (Å²) in [5.74, 6) is 1.93. The maximum Gasteiger partial charge on any atom is 0.270 e. The molecule has 10 nitrogen and oxygen atoms in total. The smallest absolute Gasteiger partial charge is 0.270 e. The van der Waals surface area contributed by atoms with Crippen LogP contribution in [0.1, 0.15) is 43.9 Å². The number of anilines is 1. The molecule has 41 heavy (non-hydrogen) atoms. The summed E-state index contributed by atoms with van der Waals surface area (Å²) in [7, 11) is 1.58. The van der Waals surface area contributed by atoms with Crippen molar-refractivity contribution in [1.82, 2.24) is 14.8 Å². The van der Waals surface area contributed by atoms with Crippen LogP contribution >= 0.6 is 0 Å². The molecule has 2 heterocycles. The van der Waals surface area contributed by atoms with E-state index in [2.05, 4.69) is 19.2 Å². The highest BCUT2D eigenvalue weighted by molar-refractivity contribution is 6.00. The number of rotatable bonds is 7. The van der Waals surface area contributed by atoms with Crippen LogP contribution in [0.25, 0.3) is 11.4 Å². The van der Waals surface area contributed by atoms with Crippen LogP contribution in [-0.2, 0) is 11.4 Å². The van der Waals surface area contributed by atoms with E-state index in [1.165, 1.54) is 12.1 Å². The highest BCUT2D eigenvalue weighted by atomic mass is 16.6. The average molecular weight is 552 g/mol. The van der Waals surface area contributed by atoms with Crippen LogP contribution in [0.4, 0.5) is 11.6 Å². The average Bonchev–Trinajstić information content (AvgIpc) is 3.38. The van der Waals surface area contributed by atoms with Gasteiger partial charge in [-0.2, -0.15) is 4.98 Å². The van der Waals surface area contributed by atoms with Gasteiger partial charge in [0.05, 0.1) is 12.0 Å². The molecule has 0 spiro atoms. The van der Waals surface area contributed by atoms with Crippen LogP contribution in [0.15, 0.2) is 84.1 Å². The molecule has 2 aliphatic rings. The lowest BCUT2D eigenvalue weighted by Gasteiger charge is -2.38. The van der Waals surface area contributed by atoms with Crippen molar-refractivity contribution >= 4 is 17.4 Å². The molecule has 4 aromatic rings. The van der Waals surface area contributed by atoms with E-state index in [1.54, 1.807) is 23.9 Å². The molecule has 208 valence electrons. The molecule has 1 unspecified atom stereocenters. The number of non-ortho nitro benzene ring substituents is 1. The maximum absolute atomic E-state index is 13.6. The van der Waals surface area contributed by atoms with E-state index < -0.39 is 11.0 Å². The second-order valence-corrected chi connectivity index (χ2v) is 11.1. The molecule has 0 amide bonds. The van der Waals surface area contributed by atoms with Crippen molar-refractivity contribution in [2.45, 2.75) is 39.3 Å². The van der Waals surface area contributed by atoms with Gasteiger partial charge in [-0.25, -0.2) is 4.68 Å². The van der Waals surface area contributed by atoms with Crippen LogP contribution in [-0.4, -0.2) is 32.6 Å². The number of aromatic nitrogens is 3. The van der Waals surface area contributed by atoms with Gasteiger partial charge in [-0.1, -0.05) is 62.4 Å². The number of fused-ring (bicyclic) bond motifs is 1. The number of carbonyl (C=O) groups excluding carboxylic acids is 1. The van der Waals surface area contributed by atoms with Gasteiger partial charge in [-0.05, 0) is 35.1 Å². The van der Waals surface area contributed by atoms with Crippen molar-refractivity contribution in [2.24, 2.45) is 5.41 Å². The third-order valence-corrected chi connectivity index (χ3v) is 7.39. The number of nitrogens with one attached hydrogen (secondary N) is 1. The van der Waals surface area contributed by atoms with Crippen LogP contribution in [0, 0.1) is 15.5 Å². The molecular weight excluding hydrogens is 522 g/mol. The zero-order chi connectivity index (χ0) is 28.7. The highest BCUT2D eigenvalue weighted by Gasteiger charge is 2.42. The number of hydrogen-bond donors (Lipinski definition) is 1. The Morgan fingerprint density at radius 3 is 2.61 bits per heavy atom. The Hall–Kier alpha value is -4.99. The third-order valence-electron chi connectivity index (χ3n) is 7.39. The summed E-state index contributed by atoms with van der Waals surface area (Å²) < 4.78 is 13.5. The van der Waals surface area contributed by atoms with Crippen molar-refractivity contribution in [3.05, 3.63) is 105 Å². The molecule has 1 N–H and O–H groups in total. The molecule has 6 rings (SSSR count). The summed E-state index contributed by atoms with van der Waals surface area (Å²) in [5.41, 5.74) is 3.50. The Labute approximate surface area is 236 Å². The Morgan fingerprint density at radius 2 is 1.85 bits per heavy atom. The number of allylic oxidation sites excluding steroid dienone is 2. The van der Waals surface area contributed by atoms with Gasteiger partial charge in [0.1, 0.15) is 12.6 Å². The van der Waals surface area contributed by atoms with E-state index in [0.29, 0.717) is 53.9 Å². The maximum atomic E-state index is 13.6. The molecule has 10 heteroatoms. The number of ether oxygens (including phenoxy) is 2. The molecule has 1 atom stereocenters. The first-order valence-corrected chi connectivity index (χ1v) is 13.3. The first-order valence-electron chi connectivity index (χ1n) is 13.3. The third kappa shape index (κ3) is 5.04. The van der Waals surface area contributed by atoms with Crippen LogP contribution < -0.4 is 14.8 Å². The fourth-order valence-corrected chi connectivity index (χ4v) is 5.51. The first kappa shape index (κ1) is 26.2. The molecule has 1 aliphatic carbocycles. The predicted octanol–water partition coefficient (Wildman–Crippen LogP) is 6.10. The largest absolute Gasteiger partial charge is 0.493 e. The van der Waals surface area contributed by atoms with Crippen LogP contribution in [0.3, 0.4) is 0 Å². The molecule has 0 fully saturated rings. The van der Waals surface area contributed by atoms with E-state index >= 15 is 0 Å². The molecular formula is C31H29N5O5. The van der Waals surface area contributed by atoms with Gasteiger partial charge in [-0.15, -0.1) is 5.10 Å². The number of nitro groups is 1. The van der Waals surface area contributed by atoms with Crippen molar-refractivity contribution in [2.75, 3.05) is 12.4 Å². The summed E-state index contributed by atoms with van der Waals surface area (Å²) in [5, 5.41) is 19.5. The van der Waals surface area contributed by atoms with Crippen molar-refractivity contribution in [1.29, 1.82) is 0 Å². The number of methoxy groups -OCH3 is 1. The van der Waals surface area contributed by atoms with E-state index in [4.69, 9.17) is 19.6 Å². The molecule has 0 radical (unpaired) electrons. The SMILES string of the molecule is COc1cc(C2C3=C(CC(C)(C)CC3=O)Nc3nc(-c4cccc([N+](=O)[O-])c4)nn32)ccc1OCc1ccccc1. The number of nitrogens with zero attached hydrogens (tertiary/aromatic N) is 4. The highest BCUT2D eigenvalue weighted by Crippen LogP contribution is 2.46. The van der Waals surface area contributed by atoms with Crippen molar-refractivity contribution < 1.29 is 19.2 Å². The van der Waals surface area contributed by atoms with Gasteiger partial charge >= 0.3 is 0 Å². The van der Waals surface area contributed by atoms with Crippen LogP contribution in [0.2, 0.25) is 0 Å².